The number of hydrogen-bond acceptors (Lipinski definition) is 4. The highest BCUT2D eigenvalue weighted by atomic mass is 32.1. The van der Waals surface area contributed by atoms with Crippen LogP contribution in [0.3, 0.4) is 0 Å². The van der Waals surface area contributed by atoms with Crippen molar-refractivity contribution in [3.63, 3.8) is 0 Å². The number of rotatable bonds is 3. The van der Waals surface area contributed by atoms with Crippen LogP contribution in [0.5, 0.6) is 0 Å². The summed E-state index contributed by atoms with van der Waals surface area (Å²) in [5.41, 5.74) is 6.66. The molecule has 0 radical (unpaired) electrons. The molecular formula is C11H18N2OS. The number of ketones is 1. The SMILES string of the molecule is Cc1csc(CC(=O)C(N)C(C)(C)C)n1. The normalized spacial score (nSPS) is 13.9. The summed E-state index contributed by atoms with van der Waals surface area (Å²) in [7, 11) is 0. The fourth-order valence-corrected chi connectivity index (χ4v) is 2.01. The van der Waals surface area contributed by atoms with Crippen molar-refractivity contribution in [1.29, 1.82) is 0 Å². The molecule has 0 amide bonds. The Morgan fingerprint density at radius 2 is 2.20 bits per heavy atom. The molecule has 3 nitrogen and oxygen atoms in total. The number of Topliss-reactive ketones (excluding diaryl/α,β-unsaturated/α-hetero) is 1. The van der Waals surface area contributed by atoms with Gasteiger partial charge in [-0.3, -0.25) is 4.79 Å². The number of nitrogens with two attached hydrogens (primary N) is 1. The van der Waals surface area contributed by atoms with Gasteiger partial charge in [-0.05, 0) is 12.3 Å². The van der Waals surface area contributed by atoms with Gasteiger partial charge in [0.2, 0.25) is 0 Å². The van der Waals surface area contributed by atoms with Crippen LogP contribution in [0.4, 0.5) is 0 Å². The molecule has 2 N–H and O–H groups in total. The lowest BCUT2D eigenvalue weighted by Crippen LogP contribution is -2.43. The molecule has 84 valence electrons. The van der Waals surface area contributed by atoms with Gasteiger partial charge in [0.15, 0.2) is 5.78 Å². The monoisotopic (exact) mass is 226 g/mol. The smallest absolute Gasteiger partial charge is 0.156 e. The van der Waals surface area contributed by atoms with E-state index in [1.807, 2.05) is 33.1 Å². The summed E-state index contributed by atoms with van der Waals surface area (Å²) in [6, 6.07) is -0.415. The highest BCUT2D eigenvalue weighted by Gasteiger charge is 2.27. The van der Waals surface area contributed by atoms with E-state index in [1.54, 1.807) is 0 Å². The van der Waals surface area contributed by atoms with Crippen molar-refractivity contribution in [2.75, 3.05) is 0 Å². The van der Waals surface area contributed by atoms with E-state index in [1.165, 1.54) is 11.3 Å². The molecule has 1 unspecified atom stereocenters. The van der Waals surface area contributed by atoms with Gasteiger partial charge >= 0.3 is 0 Å². The molecule has 0 saturated heterocycles. The third-order valence-corrected chi connectivity index (χ3v) is 3.24. The third-order valence-electron chi connectivity index (χ3n) is 2.27. The van der Waals surface area contributed by atoms with Crippen molar-refractivity contribution in [2.24, 2.45) is 11.1 Å². The lowest BCUT2D eigenvalue weighted by molar-refractivity contribution is -0.121. The average Bonchev–Trinajstić information content (AvgIpc) is 2.48. The van der Waals surface area contributed by atoms with Crippen molar-refractivity contribution in [2.45, 2.75) is 40.2 Å². The summed E-state index contributed by atoms with van der Waals surface area (Å²) < 4.78 is 0. The maximum atomic E-state index is 11.8. The van der Waals surface area contributed by atoms with E-state index in [2.05, 4.69) is 4.98 Å². The second-order valence-electron chi connectivity index (χ2n) is 4.87. The summed E-state index contributed by atoms with van der Waals surface area (Å²) >= 11 is 1.52. The first-order chi connectivity index (χ1) is 6.80. The number of carbonyl (C=O) groups excluding carboxylic acids is 1. The number of aromatic nitrogens is 1. The molecule has 1 aromatic rings. The number of thiazole rings is 1. The number of nitrogens with zero attached hydrogens (tertiary/aromatic N) is 1. The first-order valence-electron chi connectivity index (χ1n) is 5.00. The van der Waals surface area contributed by atoms with Crippen molar-refractivity contribution in [3.8, 4) is 0 Å². The summed E-state index contributed by atoms with van der Waals surface area (Å²) in [5, 5.41) is 2.81. The zero-order chi connectivity index (χ0) is 11.6. The minimum atomic E-state index is -0.415. The van der Waals surface area contributed by atoms with Gasteiger partial charge in [-0.2, -0.15) is 0 Å². The fourth-order valence-electron chi connectivity index (χ4n) is 1.23. The molecular weight excluding hydrogens is 208 g/mol. The van der Waals surface area contributed by atoms with E-state index in [9.17, 15) is 4.79 Å². The van der Waals surface area contributed by atoms with Crippen LogP contribution in [-0.4, -0.2) is 16.8 Å². The minimum absolute atomic E-state index is 0.0665. The summed E-state index contributed by atoms with van der Waals surface area (Å²) in [5.74, 6) is 0.0665. The van der Waals surface area contributed by atoms with Crippen LogP contribution < -0.4 is 5.73 Å². The number of carbonyl (C=O) groups is 1. The Balaban J connectivity index is 2.64. The predicted molar refractivity (Wildman–Crippen MR) is 63.0 cm³/mol. The largest absolute Gasteiger partial charge is 0.321 e. The molecule has 0 bridgehead atoms. The van der Waals surface area contributed by atoms with Crippen molar-refractivity contribution in [3.05, 3.63) is 16.1 Å². The van der Waals surface area contributed by atoms with Crippen LogP contribution in [0.2, 0.25) is 0 Å². The molecule has 1 aromatic heterocycles. The molecule has 0 aliphatic heterocycles. The summed E-state index contributed by atoms with van der Waals surface area (Å²) in [6.45, 7) is 7.85. The molecule has 0 fully saturated rings. The minimum Gasteiger partial charge on any atom is -0.321 e. The molecule has 0 aromatic carbocycles. The van der Waals surface area contributed by atoms with Gasteiger partial charge in [0.05, 0.1) is 12.5 Å². The predicted octanol–water partition coefficient (Wildman–Crippen LogP) is 1.94. The zero-order valence-electron chi connectivity index (χ0n) is 9.70. The van der Waals surface area contributed by atoms with Crippen LogP contribution in [0.25, 0.3) is 0 Å². The number of hydrogen-bond donors (Lipinski definition) is 1. The Morgan fingerprint density at radius 1 is 1.60 bits per heavy atom. The second-order valence-corrected chi connectivity index (χ2v) is 5.81. The third kappa shape index (κ3) is 3.39. The first kappa shape index (κ1) is 12.3. The van der Waals surface area contributed by atoms with Gasteiger partial charge in [-0.1, -0.05) is 20.8 Å². The van der Waals surface area contributed by atoms with Gasteiger partial charge in [0, 0.05) is 11.1 Å². The van der Waals surface area contributed by atoms with E-state index < -0.39 is 6.04 Å². The van der Waals surface area contributed by atoms with Gasteiger partial charge in [-0.25, -0.2) is 4.98 Å². The van der Waals surface area contributed by atoms with E-state index in [0.29, 0.717) is 6.42 Å². The molecule has 1 atom stereocenters. The molecule has 15 heavy (non-hydrogen) atoms. The standard InChI is InChI=1S/C11H18N2OS/c1-7-6-15-9(13-7)5-8(14)10(12)11(2,3)4/h6,10H,5,12H2,1-4H3. The average molecular weight is 226 g/mol. The quantitative estimate of drug-likeness (QED) is 0.857. The van der Waals surface area contributed by atoms with Gasteiger partial charge < -0.3 is 5.73 Å². The van der Waals surface area contributed by atoms with Gasteiger partial charge in [0.25, 0.3) is 0 Å². The first-order valence-corrected chi connectivity index (χ1v) is 5.88. The second kappa shape index (κ2) is 4.41. The summed E-state index contributed by atoms with van der Waals surface area (Å²) in [6.07, 6.45) is 0.358. The zero-order valence-corrected chi connectivity index (χ0v) is 10.5. The summed E-state index contributed by atoms with van der Waals surface area (Å²) in [4.78, 5) is 16.1. The van der Waals surface area contributed by atoms with Crippen LogP contribution in [0, 0.1) is 12.3 Å². The van der Waals surface area contributed by atoms with Crippen molar-refractivity contribution in [1.82, 2.24) is 4.98 Å². The van der Waals surface area contributed by atoms with E-state index in [0.717, 1.165) is 10.7 Å². The number of aryl methyl sites for hydroxylation is 1. The lowest BCUT2D eigenvalue weighted by Gasteiger charge is -2.25. The Morgan fingerprint density at radius 3 is 2.60 bits per heavy atom. The Bertz CT molecular complexity index is 352. The highest BCUT2D eigenvalue weighted by Crippen LogP contribution is 2.20. The van der Waals surface area contributed by atoms with E-state index in [-0.39, 0.29) is 11.2 Å². The Kier molecular flexibility index (Phi) is 3.62. The molecule has 4 heteroatoms. The topological polar surface area (TPSA) is 56.0 Å². The van der Waals surface area contributed by atoms with Gasteiger partial charge in [-0.15, -0.1) is 11.3 Å². The lowest BCUT2D eigenvalue weighted by atomic mass is 9.84. The van der Waals surface area contributed by atoms with Crippen LogP contribution in [0.15, 0.2) is 5.38 Å². The molecule has 0 saturated carbocycles. The molecule has 0 spiro atoms. The van der Waals surface area contributed by atoms with Crippen LogP contribution in [0.1, 0.15) is 31.5 Å². The Hall–Kier alpha value is -0.740. The van der Waals surface area contributed by atoms with Gasteiger partial charge in [0.1, 0.15) is 5.01 Å². The highest BCUT2D eigenvalue weighted by molar-refractivity contribution is 7.09. The molecule has 1 heterocycles. The van der Waals surface area contributed by atoms with Crippen LogP contribution in [-0.2, 0) is 11.2 Å². The van der Waals surface area contributed by atoms with Crippen molar-refractivity contribution < 1.29 is 4.79 Å². The van der Waals surface area contributed by atoms with Crippen molar-refractivity contribution >= 4 is 17.1 Å². The van der Waals surface area contributed by atoms with E-state index >= 15 is 0 Å². The molecule has 0 aliphatic rings. The van der Waals surface area contributed by atoms with Crippen LogP contribution >= 0.6 is 11.3 Å². The maximum Gasteiger partial charge on any atom is 0.156 e. The molecule has 1 rings (SSSR count). The maximum absolute atomic E-state index is 11.8. The molecule has 0 aliphatic carbocycles. The Labute approximate surface area is 94.7 Å². The fraction of sp³-hybridized carbons (Fsp3) is 0.636. The van der Waals surface area contributed by atoms with E-state index in [4.69, 9.17) is 5.73 Å².